The van der Waals surface area contributed by atoms with Gasteiger partial charge >= 0.3 is 5.65 Å². The Bertz CT molecular complexity index is 1230. The number of carbonyl (C=O) groups excluding carboxylic acids is 1. The van der Waals surface area contributed by atoms with E-state index in [1.54, 1.807) is 11.8 Å². The summed E-state index contributed by atoms with van der Waals surface area (Å²) in [6.07, 6.45) is 0.762. The number of Topliss-reactive ketones (excluding diaryl/α,β-unsaturated/α-hetero) is 1. The van der Waals surface area contributed by atoms with Crippen molar-refractivity contribution in [2.45, 2.75) is 46.1 Å². The molecule has 1 aliphatic rings. The molecule has 33 heavy (non-hydrogen) atoms. The van der Waals surface area contributed by atoms with Crippen LogP contribution in [0, 0.1) is 5.41 Å². The lowest BCUT2D eigenvalue weighted by Gasteiger charge is -2.33. The Balaban J connectivity index is 1.76. The average molecular weight is 453 g/mol. The van der Waals surface area contributed by atoms with E-state index >= 15 is 0 Å². The molecule has 3 heterocycles. The molecule has 176 valence electrons. The number of benzene rings is 1. The number of nitrogens with one attached hydrogen (secondary N) is 1. The molecule has 4 rings (SSSR count). The molecule has 1 N–H and O–H groups in total. The quantitative estimate of drug-likeness (QED) is 0.451. The Labute approximate surface area is 193 Å². The second kappa shape index (κ2) is 8.97. The number of fused-ring (bicyclic) bond motifs is 1. The van der Waals surface area contributed by atoms with Crippen LogP contribution in [0.2, 0.25) is 0 Å². The van der Waals surface area contributed by atoms with Crippen molar-refractivity contribution in [3.8, 4) is 5.75 Å². The molecule has 0 unspecified atom stereocenters. The summed E-state index contributed by atoms with van der Waals surface area (Å²) in [4.78, 5) is 15.7. The van der Waals surface area contributed by atoms with Crippen LogP contribution in [0.15, 0.2) is 24.3 Å². The molecule has 0 spiro atoms. The molecule has 3 aromatic rings. The fourth-order valence-corrected chi connectivity index (χ4v) is 4.13. The SMILES string of the molecule is CCc1ccc2n(n1)c(=N)[n-][n+]2CC(=O)c1cc(N2CCOCC2)c(OC)c(C(C)(C)C)c1. The fraction of sp³-hybridized carbons (Fsp3) is 0.500. The number of ketones is 1. The minimum Gasteiger partial charge on any atom is -0.494 e. The molecular formula is C24H32N6O3. The van der Waals surface area contributed by atoms with E-state index in [2.05, 4.69) is 35.9 Å². The molecule has 2 aromatic heterocycles. The summed E-state index contributed by atoms with van der Waals surface area (Å²) in [5.74, 6) is 0.716. The minimum absolute atomic E-state index is 0.00668. The first-order chi connectivity index (χ1) is 15.7. The predicted octanol–water partition coefficient (Wildman–Crippen LogP) is 1.65. The van der Waals surface area contributed by atoms with Gasteiger partial charge in [-0.15, -0.1) is 0 Å². The van der Waals surface area contributed by atoms with Gasteiger partial charge in [-0.25, -0.2) is 0 Å². The number of ether oxygens (including phenoxy) is 2. The number of nitrogens with zero attached hydrogens (tertiary/aromatic N) is 5. The maximum Gasteiger partial charge on any atom is 0.317 e. The molecule has 1 aliphatic heterocycles. The van der Waals surface area contributed by atoms with Crippen LogP contribution >= 0.6 is 0 Å². The zero-order valence-electron chi connectivity index (χ0n) is 20.0. The lowest BCUT2D eigenvalue weighted by molar-refractivity contribution is -0.721. The second-order valence-electron chi connectivity index (χ2n) is 9.28. The smallest absolute Gasteiger partial charge is 0.317 e. The maximum atomic E-state index is 13.5. The van der Waals surface area contributed by atoms with Crippen molar-refractivity contribution < 1.29 is 19.0 Å². The van der Waals surface area contributed by atoms with Gasteiger partial charge < -0.3 is 19.8 Å². The molecule has 1 fully saturated rings. The summed E-state index contributed by atoms with van der Waals surface area (Å²) in [7, 11) is 1.68. The lowest BCUT2D eigenvalue weighted by atomic mass is 9.84. The van der Waals surface area contributed by atoms with Gasteiger partial charge in [0, 0.05) is 30.3 Å². The number of aromatic nitrogens is 4. The van der Waals surface area contributed by atoms with E-state index in [1.807, 2.05) is 31.2 Å². The van der Waals surface area contributed by atoms with Crippen molar-refractivity contribution in [1.29, 1.82) is 5.41 Å². The number of rotatable bonds is 6. The van der Waals surface area contributed by atoms with Crippen molar-refractivity contribution in [1.82, 2.24) is 14.7 Å². The molecule has 1 saturated heterocycles. The highest BCUT2D eigenvalue weighted by molar-refractivity contribution is 5.97. The highest BCUT2D eigenvalue weighted by atomic mass is 16.5. The third kappa shape index (κ3) is 4.50. The Hall–Kier alpha value is -3.20. The highest BCUT2D eigenvalue weighted by Crippen LogP contribution is 2.40. The standard InChI is InChI=1S/C24H32N6O3/c1-6-17-7-8-21-29(27-23(25)30(21)26-17)15-20(31)16-13-18(24(2,3)4)22(32-5)19(14-16)28-9-11-33-12-10-28/h7-8,13-14,25H,6,9-12,15H2,1-5H3. The first kappa shape index (κ1) is 23.0. The van der Waals surface area contributed by atoms with Crippen LogP contribution in [0.5, 0.6) is 5.75 Å². The van der Waals surface area contributed by atoms with E-state index < -0.39 is 0 Å². The number of hydrogen-bond donors (Lipinski definition) is 1. The summed E-state index contributed by atoms with van der Waals surface area (Å²) in [5, 5.41) is 16.9. The minimum atomic E-state index is -0.217. The Morgan fingerprint density at radius 1 is 1.27 bits per heavy atom. The largest absolute Gasteiger partial charge is 0.494 e. The Kier molecular flexibility index (Phi) is 6.25. The predicted molar refractivity (Wildman–Crippen MR) is 123 cm³/mol. The molecule has 0 atom stereocenters. The Morgan fingerprint density at radius 3 is 2.64 bits per heavy atom. The molecule has 9 nitrogen and oxygen atoms in total. The summed E-state index contributed by atoms with van der Waals surface area (Å²) in [6.45, 7) is 11.1. The van der Waals surface area contributed by atoms with Crippen molar-refractivity contribution in [3.05, 3.63) is 46.7 Å². The van der Waals surface area contributed by atoms with Crippen LogP contribution in [0.4, 0.5) is 5.69 Å². The van der Waals surface area contributed by atoms with Crippen LogP contribution in [0.25, 0.3) is 5.65 Å². The number of carbonyl (C=O) groups is 1. The van der Waals surface area contributed by atoms with E-state index in [0.29, 0.717) is 24.4 Å². The fourth-order valence-electron chi connectivity index (χ4n) is 4.13. The molecule has 0 radical (unpaired) electrons. The molecule has 9 heteroatoms. The third-order valence-corrected chi connectivity index (χ3v) is 5.96. The van der Waals surface area contributed by atoms with Gasteiger partial charge in [0.1, 0.15) is 5.75 Å². The number of methoxy groups -OCH3 is 1. The van der Waals surface area contributed by atoms with Crippen molar-refractivity contribution in [2.75, 3.05) is 38.3 Å². The maximum absolute atomic E-state index is 13.5. The van der Waals surface area contributed by atoms with Crippen molar-refractivity contribution in [2.24, 2.45) is 0 Å². The van der Waals surface area contributed by atoms with Gasteiger partial charge in [-0.05, 0) is 30.0 Å². The molecule has 0 aliphatic carbocycles. The molecule has 0 saturated carbocycles. The zero-order chi connectivity index (χ0) is 23.8. The second-order valence-corrected chi connectivity index (χ2v) is 9.28. The molecule has 0 bridgehead atoms. The molecule has 1 aromatic carbocycles. The first-order valence-electron chi connectivity index (χ1n) is 11.3. The van der Waals surface area contributed by atoms with Crippen LogP contribution in [0.3, 0.4) is 0 Å². The Morgan fingerprint density at radius 2 is 2.00 bits per heavy atom. The van der Waals surface area contributed by atoms with Crippen LogP contribution in [-0.4, -0.2) is 48.8 Å². The van der Waals surface area contributed by atoms with E-state index in [4.69, 9.17) is 14.9 Å². The van der Waals surface area contributed by atoms with Gasteiger partial charge in [0.25, 0.3) is 0 Å². The summed E-state index contributed by atoms with van der Waals surface area (Å²) >= 11 is 0. The third-order valence-electron chi connectivity index (χ3n) is 5.96. The van der Waals surface area contributed by atoms with Gasteiger partial charge in [-0.3, -0.25) is 4.79 Å². The van der Waals surface area contributed by atoms with Gasteiger partial charge in [0.05, 0.1) is 31.7 Å². The normalized spacial score (nSPS) is 14.6. The van der Waals surface area contributed by atoms with Crippen LogP contribution in [-0.2, 0) is 23.1 Å². The van der Waals surface area contributed by atoms with Crippen molar-refractivity contribution in [3.63, 3.8) is 0 Å². The van der Waals surface area contributed by atoms with Gasteiger partial charge in [-0.2, -0.15) is 9.78 Å². The van der Waals surface area contributed by atoms with E-state index in [-0.39, 0.29) is 23.4 Å². The van der Waals surface area contributed by atoms with Crippen LogP contribution in [0.1, 0.15) is 49.3 Å². The lowest BCUT2D eigenvalue weighted by Crippen LogP contribution is -2.43. The summed E-state index contributed by atoms with van der Waals surface area (Å²) in [6, 6.07) is 7.60. The number of hydrogen-bond acceptors (Lipinski definition) is 6. The average Bonchev–Trinajstić information content (AvgIpc) is 3.12. The highest BCUT2D eigenvalue weighted by Gasteiger charge is 2.28. The summed E-state index contributed by atoms with van der Waals surface area (Å²) < 4.78 is 14.4. The number of aryl methyl sites for hydroxylation is 1. The summed E-state index contributed by atoms with van der Waals surface area (Å²) in [5.41, 5.74) is 3.76. The van der Waals surface area contributed by atoms with E-state index in [1.165, 1.54) is 4.52 Å². The monoisotopic (exact) mass is 452 g/mol. The van der Waals surface area contributed by atoms with E-state index in [0.717, 1.165) is 42.2 Å². The molecular weight excluding hydrogens is 420 g/mol. The van der Waals surface area contributed by atoms with Gasteiger partial charge in [0.15, 0.2) is 6.54 Å². The number of anilines is 1. The topological polar surface area (TPSA) is 97.9 Å². The van der Waals surface area contributed by atoms with Gasteiger partial charge in [0.2, 0.25) is 11.4 Å². The molecule has 0 amide bonds. The van der Waals surface area contributed by atoms with Crippen molar-refractivity contribution >= 4 is 17.1 Å². The van der Waals surface area contributed by atoms with Gasteiger partial charge in [-0.1, -0.05) is 37.3 Å². The zero-order valence-corrected chi connectivity index (χ0v) is 20.0. The van der Waals surface area contributed by atoms with E-state index in [9.17, 15) is 4.79 Å². The van der Waals surface area contributed by atoms with Crippen LogP contribution < -0.4 is 25.0 Å². The number of morpholine rings is 1. The first-order valence-corrected chi connectivity index (χ1v) is 11.3.